The van der Waals surface area contributed by atoms with E-state index in [1.165, 1.54) is 0 Å². The normalized spacial score (nSPS) is 14.9. The first-order valence-corrected chi connectivity index (χ1v) is 5.20. The Kier molecular flexibility index (Phi) is 4.60. The van der Waals surface area contributed by atoms with Crippen molar-refractivity contribution in [1.29, 1.82) is 0 Å². The summed E-state index contributed by atoms with van der Waals surface area (Å²) in [6.45, 7) is 11.3. The van der Waals surface area contributed by atoms with E-state index in [1.54, 1.807) is 0 Å². The van der Waals surface area contributed by atoms with Crippen molar-refractivity contribution in [2.45, 2.75) is 52.7 Å². The molecule has 0 aliphatic heterocycles. The monoisotopic (exact) mass is 240 g/mol. The van der Waals surface area contributed by atoms with Crippen molar-refractivity contribution >= 4 is 23.2 Å². The van der Waals surface area contributed by atoms with E-state index in [9.17, 15) is 0 Å². The van der Waals surface area contributed by atoms with Gasteiger partial charge in [0.15, 0.2) is 0 Å². The summed E-state index contributed by atoms with van der Waals surface area (Å²) in [4.78, 5) is 0. The van der Waals surface area contributed by atoms with Crippen LogP contribution in [0.4, 0.5) is 0 Å². The first kappa shape index (κ1) is 13.9. The highest BCUT2D eigenvalue weighted by atomic mass is 35.5. The van der Waals surface area contributed by atoms with Gasteiger partial charge < -0.3 is 9.47 Å². The molecule has 0 amide bonds. The molecule has 0 radical (unpaired) electrons. The van der Waals surface area contributed by atoms with Crippen molar-refractivity contribution in [3.05, 3.63) is 10.4 Å². The Hall–Kier alpha value is -0.0800. The van der Waals surface area contributed by atoms with Gasteiger partial charge in [-0.25, -0.2) is 0 Å². The molecule has 0 saturated heterocycles. The van der Waals surface area contributed by atoms with Crippen LogP contribution < -0.4 is 0 Å². The van der Waals surface area contributed by atoms with Crippen LogP contribution in [0.15, 0.2) is 10.4 Å². The van der Waals surface area contributed by atoms with E-state index in [2.05, 4.69) is 0 Å². The van der Waals surface area contributed by atoms with Crippen LogP contribution in [0.5, 0.6) is 0 Å². The minimum atomic E-state index is -0.377. The fourth-order valence-corrected chi connectivity index (χ4v) is 1.16. The summed E-state index contributed by atoms with van der Waals surface area (Å²) in [6, 6.07) is 0. The van der Waals surface area contributed by atoms with Crippen LogP contribution in [0.2, 0.25) is 0 Å². The molecule has 0 aromatic heterocycles. The Morgan fingerprint density at radius 1 is 0.714 bits per heavy atom. The van der Waals surface area contributed by atoms with Gasteiger partial charge in [-0.1, -0.05) is 0 Å². The second kappa shape index (κ2) is 4.63. The standard InChI is InChI=1S/C10H18Cl2O2/c1-9(2,3)13-7(11)8(12)14-10(4,5)6/h1-6H3/b8-7-. The van der Waals surface area contributed by atoms with Gasteiger partial charge in [0, 0.05) is 0 Å². The molecule has 0 aliphatic rings. The van der Waals surface area contributed by atoms with Crippen molar-refractivity contribution in [3.63, 3.8) is 0 Å². The molecule has 0 aromatic rings. The molecule has 0 spiro atoms. The lowest BCUT2D eigenvalue weighted by molar-refractivity contribution is 0.0303. The van der Waals surface area contributed by atoms with E-state index in [1.807, 2.05) is 41.5 Å². The molecule has 0 N–H and O–H groups in total. The summed E-state index contributed by atoms with van der Waals surface area (Å²) in [5.41, 5.74) is -0.753. The quantitative estimate of drug-likeness (QED) is 0.674. The van der Waals surface area contributed by atoms with Gasteiger partial charge in [-0.3, -0.25) is 0 Å². The van der Waals surface area contributed by atoms with Gasteiger partial charge in [0.05, 0.1) is 0 Å². The van der Waals surface area contributed by atoms with E-state index < -0.39 is 0 Å². The van der Waals surface area contributed by atoms with E-state index in [0.29, 0.717) is 0 Å². The summed E-state index contributed by atoms with van der Waals surface area (Å²) < 4.78 is 10.7. The Labute approximate surface area is 96.2 Å². The first-order chi connectivity index (χ1) is 6.01. The zero-order chi connectivity index (χ0) is 11.6. The minimum absolute atomic E-state index is 0.0918. The molecule has 2 nitrogen and oxygen atoms in total. The maximum atomic E-state index is 5.82. The summed E-state index contributed by atoms with van der Waals surface area (Å²) in [5, 5.41) is 0.184. The molecule has 0 atom stereocenters. The SMILES string of the molecule is CC(C)(C)O/C(Cl)=C(/Cl)OC(C)(C)C. The average molecular weight is 241 g/mol. The van der Waals surface area contributed by atoms with Gasteiger partial charge >= 0.3 is 0 Å². The molecule has 0 bridgehead atoms. The Morgan fingerprint density at radius 3 is 1.07 bits per heavy atom. The van der Waals surface area contributed by atoms with Crippen molar-refractivity contribution in [2.24, 2.45) is 0 Å². The number of hydrogen-bond acceptors (Lipinski definition) is 2. The van der Waals surface area contributed by atoms with Crippen molar-refractivity contribution in [1.82, 2.24) is 0 Å². The third-order valence-electron chi connectivity index (χ3n) is 0.946. The molecule has 0 heterocycles. The van der Waals surface area contributed by atoms with E-state index in [0.717, 1.165) is 0 Å². The first-order valence-electron chi connectivity index (χ1n) is 4.44. The largest absolute Gasteiger partial charge is 0.474 e. The second-order valence-electron chi connectivity index (χ2n) is 4.98. The van der Waals surface area contributed by atoms with Crippen molar-refractivity contribution in [3.8, 4) is 0 Å². The number of halogens is 2. The minimum Gasteiger partial charge on any atom is -0.474 e. The maximum absolute atomic E-state index is 5.82. The number of rotatable bonds is 2. The summed E-state index contributed by atoms with van der Waals surface area (Å²) in [6.07, 6.45) is 0. The fourth-order valence-electron chi connectivity index (χ4n) is 0.618. The highest BCUT2D eigenvalue weighted by Crippen LogP contribution is 2.26. The zero-order valence-electron chi connectivity index (χ0n) is 9.57. The van der Waals surface area contributed by atoms with Crippen LogP contribution in [0.3, 0.4) is 0 Å². The molecule has 14 heavy (non-hydrogen) atoms. The van der Waals surface area contributed by atoms with Crippen LogP contribution >= 0.6 is 23.2 Å². The molecular weight excluding hydrogens is 223 g/mol. The predicted octanol–water partition coefficient (Wildman–Crippen LogP) is 4.22. The van der Waals surface area contributed by atoms with Gasteiger partial charge in [-0.2, -0.15) is 0 Å². The molecule has 0 aliphatic carbocycles. The van der Waals surface area contributed by atoms with Crippen LogP contribution in [0, 0.1) is 0 Å². The Morgan fingerprint density at radius 2 is 0.929 bits per heavy atom. The summed E-state index contributed by atoms with van der Waals surface area (Å²) in [5.74, 6) is 0. The van der Waals surface area contributed by atoms with Gasteiger partial charge in [0.1, 0.15) is 11.2 Å². The van der Waals surface area contributed by atoms with E-state index in [-0.39, 0.29) is 21.6 Å². The fraction of sp³-hybridized carbons (Fsp3) is 0.800. The third kappa shape index (κ3) is 7.34. The van der Waals surface area contributed by atoms with Crippen LogP contribution in [0.25, 0.3) is 0 Å². The Bertz CT molecular complexity index is 197. The molecule has 4 heteroatoms. The highest BCUT2D eigenvalue weighted by molar-refractivity contribution is 6.37. The van der Waals surface area contributed by atoms with Gasteiger partial charge in [-0.15, -0.1) is 0 Å². The number of ether oxygens (including phenoxy) is 2. The smallest absolute Gasteiger partial charge is 0.243 e. The zero-order valence-corrected chi connectivity index (χ0v) is 11.1. The maximum Gasteiger partial charge on any atom is 0.243 e. The predicted molar refractivity (Wildman–Crippen MR) is 60.4 cm³/mol. The van der Waals surface area contributed by atoms with E-state index in [4.69, 9.17) is 32.7 Å². The van der Waals surface area contributed by atoms with Gasteiger partial charge in [0.25, 0.3) is 0 Å². The molecule has 0 saturated carbocycles. The lowest BCUT2D eigenvalue weighted by Crippen LogP contribution is -2.21. The van der Waals surface area contributed by atoms with Gasteiger partial charge in [0.2, 0.25) is 10.4 Å². The molecular formula is C10H18Cl2O2. The van der Waals surface area contributed by atoms with Crippen LogP contribution in [-0.4, -0.2) is 11.2 Å². The van der Waals surface area contributed by atoms with Crippen LogP contribution in [0.1, 0.15) is 41.5 Å². The lowest BCUT2D eigenvalue weighted by Gasteiger charge is -2.24. The van der Waals surface area contributed by atoms with Crippen molar-refractivity contribution < 1.29 is 9.47 Å². The average Bonchev–Trinajstić information content (AvgIpc) is 1.78. The van der Waals surface area contributed by atoms with Crippen LogP contribution in [-0.2, 0) is 9.47 Å². The second-order valence-corrected chi connectivity index (χ2v) is 5.66. The Balaban J connectivity index is 4.45. The molecule has 84 valence electrons. The lowest BCUT2D eigenvalue weighted by atomic mass is 10.2. The summed E-state index contributed by atoms with van der Waals surface area (Å²) >= 11 is 11.6. The molecule has 0 rings (SSSR count). The van der Waals surface area contributed by atoms with Gasteiger partial charge in [-0.05, 0) is 64.7 Å². The molecule has 0 unspecified atom stereocenters. The molecule has 0 aromatic carbocycles. The molecule has 0 fully saturated rings. The highest BCUT2D eigenvalue weighted by Gasteiger charge is 2.19. The number of hydrogen-bond donors (Lipinski definition) is 0. The van der Waals surface area contributed by atoms with E-state index >= 15 is 0 Å². The third-order valence-corrected chi connectivity index (χ3v) is 1.54. The van der Waals surface area contributed by atoms with Crippen molar-refractivity contribution in [2.75, 3.05) is 0 Å². The summed E-state index contributed by atoms with van der Waals surface area (Å²) in [7, 11) is 0. The topological polar surface area (TPSA) is 18.5 Å².